The molecule has 0 aromatic heterocycles. The SMILES string of the molecule is NCc1cc(F)ccc1NC(=O)CCl. The van der Waals surface area contributed by atoms with Crippen LogP contribution in [0.5, 0.6) is 0 Å². The Morgan fingerprint density at radius 3 is 2.86 bits per heavy atom. The molecule has 3 N–H and O–H groups in total. The summed E-state index contributed by atoms with van der Waals surface area (Å²) in [4.78, 5) is 11.0. The molecule has 0 atom stereocenters. The van der Waals surface area contributed by atoms with E-state index in [1.165, 1.54) is 18.2 Å². The van der Waals surface area contributed by atoms with Crippen LogP contribution >= 0.6 is 11.6 Å². The number of alkyl halides is 1. The van der Waals surface area contributed by atoms with Crippen LogP contribution in [-0.2, 0) is 11.3 Å². The highest BCUT2D eigenvalue weighted by Crippen LogP contribution is 2.16. The number of amides is 1. The first-order chi connectivity index (χ1) is 6.67. The second-order valence-corrected chi connectivity index (χ2v) is 2.95. The van der Waals surface area contributed by atoms with E-state index in [1.807, 2.05) is 0 Å². The van der Waals surface area contributed by atoms with Gasteiger partial charge in [-0.3, -0.25) is 4.79 Å². The maximum atomic E-state index is 12.8. The van der Waals surface area contributed by atoms with Crippen molar-refractivity contribution in [3.05, 3.63) is 29.6 Å². The van der Waals surface area contributed by atoms with Crippen LogP contribution in [0.2, 0.25) is 0 Å². The van der Waals surface area contributed by atoms with Gasteiger partial charge in [-0.2, -0.15) is 0 Å². The molecule has 0 bridgehead atoms. The van der Waals surface area contributed by atoms with Crippen LogP contribution in [0.3, 0.4) is 0 Å². The second kappa shape index (κ2) is 4.93. The Kier molecular flexibility index (Phi) is 3.85. The topological polar surface area (TPSA) is 55.1 Å². The molecule has 1 amide bonds. The molecule has 1 aromatic rings. The maximum absolute atomic E-state index is 12.8. The van der Waals surface area contributed by atoms with Gasteiger partial charge in [-0.15, -0.1) is 11.6 Å². The molecule has 14 heavy (non-hydrogen) atoms. The van der Waals surface area contributed by atoms with E-state index in [9.17, 15) is 9.18 Å². The number of nitrogens with two attached hydrogens (primary N) is 1. The van der Waals surface area contributed by atoms with E-state index in [4.69, 9.17) is 17.3 Å². The fourth-order valence-corrected chi connectivity index (χ4v) is 1.10. The van der Waals surface area contributed by atoms with Crippen molar-refractivity contribution in [3.63, 3.8) is 0 Å². The lowest BCUT2D eigenvalue weighted by Crippen LogP contribution is -2.15. The molecule has 0 saturated heterocycles. The number of hydrogen-bond donors (Lipinski definition) is 2. The first kappa shape index (κ1) is 10.9. The van der Waals surface area contributed by atoms with E-state index in [2.05, 4.69) is 5.32 Å². The largest absolute Gasteiger partial charge is 0.326 e. The number of benzene rings is 1. The predicted molar refractivity (Wildman–Crippen MR) is 53.6 cm³/mol. The fourth-order valence-electron chi connectivity index (χ4n) is 1.04. The van der Waals surface area contributed by atoms with Gasteiger partial charge in [0, 0.05) is 12.2 Å². The van der Waals surface area contributed by atoms with Crippen LogP contribution in [0, 0.1) is 5.82 Å². The van der Waals surface area contributed by atoms with Gasteiger partial charge in [-0.05, 0) is 23.8 Å². The van der Waals surface area contributed by atoms with E-state index < -0.39 is 0 Å². The Morgan fingerprint density at radius 1 is 1.57 bits per heavy atom. The second-order valence-electron chi connectivity index (χ2n) is 2.69. The fraction of sp³-hybridized carbons (Fsp3) is 0.222. The van der Waals surface area contributed by atoms with Crippen molar-refractivity contribution in [1.82, 2.24) is 0 Å². The van der Waals surface area contributed by atoms with Gasteiger partial charge >= 0.3 is 0 Å². The molecule has 0 spiro atoms. The Bertz CT molecular complexity index is 344. The minimum Gasteiger partial charge on any atom is -0.326 e. The molecular formula is C9H10ClFN2O. The summed E-state index contributed by atoms with van der Waals surface area (Å²) in [6.45, 7) is 0.162. The Labute approximate surface area is 86.0 Å². The zero-order valence-electron chi connectivity index (χ0n) is 7.39. The summed E-state index contributed by atoms with van der Waals surface area (Å²) in [5.41, 5.74) is 6.43. The number of halogens is 2. The molecule has 0 aliphatic carbocycles. The van der Waals surface area contributed by atoms with Gasteiger partial charge in [0.05, 0.1) is 0 Å². The lowest BCUT2D eigenvalue weighted by molar-refractivity contribution is -0.113. The molecule has 0 radical (unpaired) electrons. The van der Waals surface area contributed by atoms with Gasteiger partial charge in [0.2, 0.25) is 5.91 Å². The van der Waals surface area contributed by atoms with Gasteiger partial charge in [-0.1, -0.05) is 0 Å². The van der Waals surface area contributed by atoms with Crippen molar-refractivity contribution >= 4 is 23.2 Å². The third-order valence-electron chi connectivity index (χ3n) is 1.68. The first-order valence-electron chi connectivity index (χ1n) is 4.01. The van der Waals surface area contributed by atoms with E-state index >= 15 is 0 Å². The third kappa shape index (κ3) is 2.68. The molecule has 3 nitrogen and oxygen atoms in total. The van der Waals surface area contributed by atoms with Crippen molar-refractivity contribution in [2.45, 2.75) is 6.54 Å². The standard InChI is InChI=1S/C9H10ClFN2O/c10-4-9(14)13-8-2-1-7(11)3-6(8)5-12/h1-3H,4-5,12H2,(H,13,14). The van der Waals surface area contributed by atoms with E-state index in [-0.39, 0.29) is 24.1 Å². The lowest BCUT2D eigenvalue weighted by Gasteiger charge is -2.08. The van der Waals surface area contributed by atoms with Crippen LogP contribution in [0.4, 0.5) is 10.1 Å². The number of carbonyl (C=O) groups excluding carboxylic acids is 1. The van der Waals surface area contributed by atoms with Crippen LogP contribution in [-0.4, -0.2) is 11.8 Å². The van der Waals surface area contributed by atoms with E-state index in [0.717, 1.165) is 0 Å². The maximum Gasteiger partial charge on any atom is 0.239 e. The lowest BCUT2D eigenvalue weighted by atomic mass is 10.1. The van der Waals surface area contributed by atoms with E-state index in [1.54, 1.807) is 0 Å². The van der Waals surface area contributed by atoms with Crippen LogP contribution in [0.25, 0.3) is 0 Å². The first-order valence-corrected chi connectivity index (χ1v) is 4.55. The molecule has 0 fully saturated rings. The van der Waals surface area contributed by atoms with Gasteiger partial charge < -0.3 is 11.1 Å². The summed E-state index contributed by atoms with van der Waals surface area (Å²) in [5, 5.41) is 2.52. The Balaban J connectivity index is 2.90. The van der Waals surface area contributed by atoms with Crippen molar-refractivity contribution in [1.29, 1.82) is 0 Å². The van der Waals surface area contributed by atoms with E-state index in [0.29, 0.717) is 11.3 Å². The number of rotatable bonds is 3. The summed E-state index contributed by atoms with van der Waals surface area (Å²) in [7, 11) is 0. The average molecular weight is 217 g/mol. The zero-order valence-corrected chi connectivity index (χ0v) is 8.14. The Hall–Kier alpha value is -1.13. The normalized spacial score (nSPS) is 9.93. The molecule has 0 heterocycles. The van der Waals surface area contributed by atoms with Crippen LogP contribution in [0.15, 0.2) is 18.2 Å². The zero-order chi connectivity index (χ0) is 10.6. The number of anilines is 1. The molecule has 1 aromatic carbocycles. The molecule has 76 valence electrons. The summed E-state index contributed by atoms with van der Waals surface area (Å²) in [6.07, 6.45) is 0. The van der Waals surface area contributed by atoms with Crippen molar-refractivity contribution in [2.24, 2.45) is 5.73 Å². The minimum atomic E-state index is -0.380. The molecule has 0 aliphatic heterocycles. The van der Waals surface area contributed by atoms with Gasteiger partial charge in [-0.25, -0.2) is 4.39 Å². The number of nitrogens with one attached hydrogen (secondary N) is 1. The van der Waals surface area contributed by atoms with Crippen molar-refractivity contribution in [3.8, 4) is 0 Å². The highest BCUT2D eigenvalue weighted by molar-refractivity contribution is 6.29. The molecular weight excluding hydrogens is 207 g/mol. The summed E-state index contributed by atoms with van der Waals surface area (Å²) in [5.74, 6) is -0.858. The molecule has 0 saturated carbocycles. The Morgan fingerprint density at radius 2 is 2.29 bits per heavy atom. The smallest absolute Gasteiger partial charge is 0.239 e. The number of hydrogen-bond acceptors (Lipinski definition) is 2. The monoisotopic (exact) mass is 216 g/mol. The van der Waals surface area contributed by atoms with Crippen LogP contribution in [0.1, 0.15) is 5.56 Å². The summed E-state index contributed by atoms with van der Waals surface area (Å²) in [6, 6.07) is 3.99. The average Bonchev–Trinajstić information content (AvgIpc) is 2.20. The minimum absolute atomic E-state index is 0.138. The summed E-state index contributed by atoms with van der Waals surface area (Å²) < 4.78 is 12.8. The summed E-state index contributed by atoms with van der Waals surface area (Å²) >= 11 is 5.31. The highest BCUT2D eigenvalue weighted by atomic mass is 35.5. The quantitative estimate of drug-likeness (QED) is 0.752. The number of carbonyl (C=O) groups is 1. The molecule has 5 heteroatoms. The van der Waals surface area contributed by atoms with Gasteiger partial charge in [0.25, 0.3) is 0 Å². The molecule has 0 unspecified atom stereocenters. The van der Waals surface area contributed by atoms with Crippen molar-refractivity contribution < 1.29 is 9.18 Å². The molecule has 1 rings (SSSR count). The van der Waals surface area contributed by atoms with Crippen LogP contribution < -0.4 is 11.1 Å². The molecule has 0 aliphatic rings. The highest BCUT2D eigenvalue weighted by Gasteiger charge is 2.05. The predicted octanol–water partition coefficient (Wildman–Crippen LogP) is 1.46. The van der Waals surface area contributed by atoms with Gasteiger partial charge in [0.1, 0.15) is 11.7 Å². The van der Waals surface area contributed by atoms with Crippen molar-refractivity contribution in [2.75, 3.05) is 11.2 Å². The third-order valence-corrected chi connectivity index (χ3v) is 1.93. The van der Waals surface area contributed by atoms with Gasteiger partial charge in [0.15, 0.2) is 0 Å².